The molecule has 0 saturated heterocycles. The molecule has 1 amide bonds. The van der Waals surface area contributed by atoms with Crippen LogP contribution in [0.3, 0.4) is 0 Å². The second-order valence-electron chi connectivity index (χ2n) is 5.85. The van der Waals surface area contributed by atoms with Crippen molar-refractivity contribution in [2.75, 3.05) is 20.8 Å². The summed E-state index contributed by atoms with van der Waals surface area (Å²) in [5.41, 5.74) is 0.767. The third-order valence-electron chi connectivity index (χ3n) is 3.83. The number of hydrogen-bond donors (Lipinski definition) is 1. The van der Waals surface area contributed by atoms with Gasteiger partial charge < -0.3 is 19.5 Å². The smallest absolute Gasteiger partial charge is 0.323 e. The molecular formula is C18H27NO5. The first-order valence-electron chi connectivity index (χ1n) is 8.13. The van der Waals surface area contributed by atoms with Crippen LogP contribution in [0.15, 0.2) is 18.2 Å². The molecular weight excluding hydrogens is 310 g/mol. The molecule has 1 atom stereocenters. The first kappa shape index (κ1) is 19.8. The van der Waals surface area contributed by atoms with Gasteiger partial charge in [0.2, 0.25) is 5.91 Å². The van der Waals surface area contributed by atoms with Crippen LogP contribution in [0, 0.1) is 5.92 Å². The van der Waals surface area contributed by atoms with Gasteiger partial charge in [-0.25, -0.2) is 0 Å². The SMILES string of the molecule is CCCCC(C)C(=O)N(CC(=O)O)Cc1cc(OC)cc(OC)c1. The number of nitrogens with zero attached hydrogens (tertiary/aromatic N) is 1. The lowest BCUT2D eigenvalue weighted by Crippen LogP contribution is -2.38. The zero-order chi connectivity index (χ0) is 18.1. The summed E-state index contributed by atoms with van der Waals surface area (Å²) >= 11 is 0. The van der Waals surface area contributed by atoms with Crippen LogP contribution in [-0.4, -0.2) is 42.6 Å². The minimum absolute atomic E-state index is 0.146. The number of benzene rings is 1. The highest BCUT2D eigenvalue weighted by Crippen LogP contribution is 2.24. The average Bonchev–Trinajstić information content (AvgIpc) is 2.57. The average molecular weight is 337 g/mol. The van der Waals surface area contributed by atoms with Gasteiger partial charge in [0.15, 0.2) is 0 Å². The molecule has 24 heavy (non-hydrogen) atoms. The Morgan fingerprint density at radius 2 is 1.75 bits per heavy atom. The van der Waals surface area contributed by atoms with Crippen LogP contribution in [0.25, 0.3) is 0 Å². The van der Waals surface area contributed by atoms with Crippen LogP contribution in [0.1, 0.15) is 38.7 Å². The van der Waals surface area contributed by atoms with Crippen LogP contribution in [0.5, 0.6) is 11.5 Å². The number of aliphatic carboxylic acids is 1. The Kier molecular flexibility index (Phi) is 8.09. The summed E-state index contributed by atoms with van der Waals surface area (Å²) in [5.74, 6) is -0.164. The van der Waals surface area contributed by atoms with Crippen LogP contribution in [0.4, 0.5) is 0 Å². The number of carbonyl (C=O) groups excluding carboxylic acids is 1. The Morgan fingerprint density at radius 1 is 1.17 bits per heavy atom. The highest BCUT2D eigenvalue weighted by Gasteiger charge is 2.22. The van der Waals surface area contributed by atoms with E-state index in [-0.39, 0.29) is 24.9 Å². The lowest BCUT2D eigenvalue weighted by atomic mass is 10.0. The number of carboxylic acid groups (broad SMARTS) is 1. The second kappa shape index (κ2) is 9.80. The van der Waals surface area contributed by atoms with Gasteiger partial charge in [-0.3, -0.25) is 9.59 Å². The predicted molar refractivity (Wildman–Crippen MR) is 91.3 cm³/mol. The van der Waals surface area contributed by atoms with E-state index >= 15 is 0 Å². The highest BCUT2D eigenvalue weighted by atomic mass is 16.5. The number of amides is 1. The molecule has 0 saturated carbocycles. The Bertz CT molecular complexity index is 536. The molecule has 6 nitrogen and oxygen atoms in total. The molecule has 0 aromatic heterocycles. The maximum absolute atomic E-state index is 12.6. The minimum atomic E-state index is -1.03. The van der Waals surface area contributed by atoms with Gasteiger partial charge in [-0.15, -0.1) is 0 Å². The van der Waals surface area contributed by atoms with E-state index in [0.717, 1.165) is 24.8 Å². The molecule has 1 aromatic carbocycles. The van der Waals surface area contributed by atoms with Crippen LogP contribution < -0.4 is 9.47 Å². The zero-order valence-electron chi connectivity index (χ0n) is 14.9. The lowest BCUT2D eigenvalue weighted by molar-refractivity contribution is -0.146. The molecule has 0 fully saturated rings. The zero-order valence-corrected chi connectivity index (χ0v) is 14.9. The first-order valence-corrected chi connectivity index (χ1v) is 8.13. The van der Waals surface area contributed by atoms with Gasteiger partial charge >= 0.3 is 5.97 Å². The highest BCUT2D eigenvalue weighted by molar-refractivity contribution is 5.82. The fourth-order valence-corrected chi connectivity index (χ4v) is 2.50. The van der Waals surface area contributed by atoms with E-state index in [4.69, 9.17) is 14.6 Å². The van der Waals surface area contributed by atoms with E-state index in [2.05, 4.69) is 6.92 Å². The number of carbonyl (C=O) groups is 2. The third kappa shape index (κ3) is 6.10. The molecule has 1 rings (SSSR count). The molecule has 1 unspecified atom stereocenters. The fraction of sp³-hybridized carbons (Fsp3) is 0.556. The summed E-state index contributed by atoms with van der Waals surface area (Å²) < 4.78 is 10.4. The van der Waals surface area contributed by atoms with Crippen LogP contribution >= 0.6 is 0 Å². The molecule has 0 radical (unpaired) electrons. The van der Waals surface area contributed by atoms with Gasteiger partial charge in [0.25, 0.3) is 0 Å². The molecule has 6 heteroatoms. The normalized spacial score (nSPS) is 11.7. The van der Waals surface area contributed by atoms with Crippen LogP contribution in [-0.2, 0) is 16.1 Å². The first-order chi connectivity index (χ1) is 11.4. The largest absolute Gasteiger partial charge is 0.497 e. The maximum atomic E-state index is 12.6. The standard InChI is InChI=1S/C18H27NO5/c1-5-6-7-13(2)18(22)19(12-17(20)21)11-14-8-15(23-3)10-16(9-14)24-4/h8-10,13H,5-7,11-12H2,1-4H3,(H,20,21). The van der Waals surface area contributed by atoms with Crippen molar-refractivity contribution < 1.29 is 24.2 Å². The summed E-state index contributed by atoms with van der Waals surface area (Å²) in [6.45, 7) is 3.79. The number of carboxylic acids is 1. The summed E-state index contributed by atoms with van der Waals surface area (Å²) in [6.07, 6.45) is 2.71. The Balaban J connectivity index is 2.97. The molecule has 134 valence electrons. The van der Waals surface area contributed by atoms with Gasteiger partial charge in [-0.1, -0.05) is 26.7 Å². The van der Waals surface area contributed by atoms with Crippen molar-refractivity contribution in [3.63, 3.8) is 0 Å². The molecule has 0 aliphatic heterocycles. The number of methoxy groups -OCH3 is 2. The van der Waals surface area contributed by atoms with Gasteiger partial charge in [0.1, 0.15) is 18.0 Å². The minimum Gasteiger partial charge on any atom is -0.497 e. The topological polar surface area (TPSA) is 76.1 Å². The van der Waals surface area contributed by atoms with Gasteiger partial charge in [-0.05, 0) is 24.1 Å². The quantitative estimate of drug-likeness (QED) is 0.710. The third-order valence-corrected chi connectivity index (χ3v) is 3.83. The number of unbranched alkanes of at least 4 members (excludes halogenated alkanes) is 1. The number of ether oxygens (including phenoxy) is 2. The van der Waals surface area contributed by atoms with Crippen molar-refractivity contribution in [1.82, 2.24) is 4.90 Å². The van der Waals surface area contributed by atoms with Gasteiger partial charge in [-0.2, -0.15) is 0 Å². The Hall–Kier alpha value is -2.24. The maximum Gasteiger partial charge on any atom is 0.323 e. The van der Waals surface area contributed by atoms with E-state index in [1.807, 2.05) is 6.92 Å². The second-order valence-corrected chi connectivity index (χ2v) is 5.85. The Labute approximate surface area is 143 Å². The van der Waals surface area contributed by atoms with E-state index < -0.39 is 5.97 Å². The van der Waals surface area contributed by atoms with Crippen molar-refractivity contribution in [3.05, 3.63) is 23.8 Å². The molecule has 1 aromatic rings. The van der Waals surface area contributed by atoms with Crippen molar-refractivity contribution in [1.29, 1.82) is 0 Å². The van der Waals surface area contributed by atoms with E-state index in [1.165, 1.54) is 4.90 Å². The Morgan fingerprint density at radius 3 is 2.21 bits per heavy atom. The summed E-state index contributed by atoms with van der Waals surface area (Å²) in [7, 11) is 3.09. The molecule has 0 aliphatic carbocycles. The van der Waals surface area contributed by atoms with Crippen molar-refractivity contribution in [3.8, 4) is 11.5 Å². The molecule has 0 heterocycles. The summed E-state index contributed by atoms with van der Waals surface area (Å²) in [5, 5.41) is 9.13. The summed E-state index contributed by atoms with van der Waals surface area (Å²) in [6, 6.07) is 5.29. The van der Waals surface area contributed by atoms with Crippen molar-refractivity contribution in [2.24, 2.45) is 5.92 Å². The monoisotopic (exact) mass is 337 g/mol. The van der Waals surface area contributed by atoms with E-state index in [9.17, 15) is 9.59 Å². The number of hydrogen-bond acceptors (Lipinski definition) is 4. The summed E-state index contributed by atoms with van der Waals surface area (Å²) in [4.78, 5) is 25.1. The molecule has 0 spiro atoms. The van der Waals surface area contributed by atoms with Gasteiger partial charge in [0, 0.05) is 18.5 Å². The van der Waals surface area contributed by atoms with Gasteiger partial charge in [0.05, 0.1) is 14.2 Å². The van der Waals surface area contributed by atoms with Crippen LogP contribution in [0.2, 0.25) is 0 Å². The molecule has 0 bridgehead atoms. The van der Waals surface area contributed by atoms with Crippen molar-refractivity contribution >= 4 is 11.9 Å². The number of rotatable bonds is 10. The fourth-order valence-electron chi connectivity index (χ4n) is 2.50. The van der Waals surface area contributed by atoms with E-state index in [1.54, 1.807) is 32.4 Å². The van der Waals surface area contributed by atoms with Crippen molar-refractivity contribution in [2.45, 2.75) is 39.7 Å². The lowest BCUT2D eigenvalue weighted by Gasteiger charge is -2.24. The molecule has 0 aliphatic rings. The predicted octanol–water partition coefficient (Wildman–Crippen LogP) is 2.94. The van der Waals surface area contributed by atoms with E-state index in [0.29, 0.717) is 11.5 Å². The molecule has 1 N–H and O–H groups in total.